The maximum absolute atomic E-state index is 13.6. The van der Waals surface area contributed by atoms with E-state index in [1.807, 2.05) is 0 Å². The van der Waals surface area contributed by atoms with Crippen LogP contribution in [0.25, 0.3) is 5.76 Å². The minimum absolute atomic E-state index is 0.00892. The van der Waals surface area contributed by atoms with E-state index < -0.39 is 76.3 Å². The fourth-order valence-corrected chi connectivity index (χ4v) is 5.38. The topological polar surface area (TPSA) is 158 Å². The first kappa shape index (κ1) is 21.8. The van der Waals surface area contributed by atoms with E-state index in [4.69, 9.17) is 4.74 Å². The maximum atomic E-state index is 13.6. The summed E-state index contributed by atoms with van der Waals surface area (Å²) in [6.07, 6.45) is -1.80. The van der Waals surface area contributed by atoms with E-state index in [0.717, 1.165) is 13.8 Å². The van der Waals surface area contributed by atoms with Gasteiger partial charge in [0.15, 0.2) is 17.2 Å². The zero-order valence-corrected chi connectivity index (χ0v) is 17.6. The first-order valence-corrected chi connectivity index (χ1v) is 10.1. The van der Waals surface area contributed by atoms with Crippen molar-refractivity contribution in [2.45, 2.75) is 44.8 Å². The van der Waals surface area contributed by atoms with E-state index in [1.165, 1.54) is 6.07 Å². The van der Waals surface area contributed by atoms with E-state index in [1.54, 1.807) is 19.1 Å². The van der Waals surface area contributed by atoms with Gasteiger partial charge in [-0.25, -0.2) is 0 Å². The molecular weight excluding hydrogens is 420 g/mol. The van der Waals surface area contributed by atoms with Gasteiger partial charge in [-0.15, -0.1) is 0 Å². The average molecular weight is 442 g/mol. The van der Waals surface area contributed by atoms with Gasteiger partial charge in [-0.05, 0) is 24.5 Å². The van der Waals surface area contributed by atoms with Gasteiger partial charge < -0.3 is 25.2 Å². The van der Waals surface area contributed by atoms with Crippen molar-refractivity contribution in [1.29, 1.82) is 0 Å². The molecule has 0 saturated heterocycles. The molecule has 0 aliphatic heterocycles. The second-order valence-electron chi connectivity index (χ2n) is 8.50. The van der Waals surface area contributed by atoms with Gasteiger partial charge >= 0.3 is 5.97 Å². The second-order valence-corrected chi connectivity index (χ2v) is 8.50. The second kappa shape index (κ2) is 7.03. The van der Waals surface area contributed by atoms with Crippen molar-refractivity contribution in [3.05, 3.63) is 46.2 Å². The molecule has 3 aliphatic carbocycles. The van der Waals surface area contributed by atoms with Crippen LogP contribution in [-0.4, -0.2) is 55.5 Å². The Bertz CT molecular complexity index is 1160. The van der Waals surface area contributed by atoms with Crippen molar-refractivity contribution in [3.63, 3.8) is 0 Å². The van der Waals surface area contributed by atoms with Crippen molar-refractivity contribution in [1.82, 2.24) is 0 Å². The van der Waals surface area contributed by atoms with Gasteiger partial charge in [0.2, 0.25) is 5.78 Å². The third-order valence-corrected chi connectivity index (χ3v) is 6.74. The Labute approximate surface area is 182 Å². The van der Waals surface area contributed by atoms with Gasteiger partial charge in [0.1, 0.15) is 28.9 Å². The first-order valence-electron chi connectivity index (χ1n) is 10.1. The largest absolute Gasteiger partial charge is 0.508 e. The molecular formula is C23H22O9. The summed E-state index contributed by atoms with van der Waals surface area (Å²) in [7, 11) is 0. The first-order chi connectivity index (χ1) is 14.9. The Balaban J connectivity index is 2.06. The van der Waals surface area contributed by atoms with E-state index in [2.05, 4.69) is 0 Å². The summed E-state index contributed by atoms with van der Waals surface area (Å²) in [5, 5.41) is 43.5. The number of carbonyl (C=O) groups is 4. The third-order valence-electron chi connectivity index (χ3n) is 6.74. The Morgan fingerprint density at radius 3 is 2.38 bits per heavy atom. The Hall–Kier alpha value is -3.46. The molecule has 168 valence electrons. The molecule has 1 saturated carbocycles. The van der Waals surface area contributed by atoms with Gasteiger partial charge in [0.25, 0.3) is 0 Å². The fourth-order valence-electron chi connectivity index (χ4n) is 5.38. The molecule has 1 aromatic rings. The molecule has 5 atom stereocenters. The number of allylic oxidation sites excluding steroid dienone is 1. The molecule has 4 N–H and O–H groups in total. The van der Waals surface area contributed by atoms with Crippen LogP contribution in [0, 0.1) is 11.8 Å². The highest BCUT2D eigenvalue weighted by Gasteiger charge is 2.66. The van der Waals surface area contributed by atoms with Crippen LogP contribution in [0.5, 0.6) is 5.75 Å². The van der Waals surface area contributed by atoms with Crippen molar-refractivity contribution in [2.75, 3.05) is 0 Å². The molecule has 0 radical (unpaired) electrons. The molecule has 0 unspecified atom stereocenters. The van der Waals surface area contributed by atoms with Crippen LogP contribution in [0.4, 0.5) is 0 Å². The summed E-state index contributed by atoms with van der Waals surface area (Å²) in [6, 6.07) is 4.52. The molecule has 4 rings (SSSR count). The molecule has 0 aromatic heterocycles. The van der Waals surface area contributed by atoms with Gasteiger partial charge in [-0.3, -0.25) is 19.2 Å². The van der Waals surface area contributed by atoms with Crippen LogP contribution >= 0.6 is 0 Å². The molecule has 0 amide bonds. The average Bonchev–Trinajstić information content (AvgIpc) is 2.70. The molecule has 1 aromatic carbocycles. The van der Waals surface area contributed by atoms with E-state index in [0.29, 0.717) is 5.56 Å². The number of hydrogen-bond donors (Lipinski definition) is 4. The number of carbonyl (C=O) groups excluding carboxylic acids is 4. The monoisotopic (exact) mass is 442 g/mol. The molecule has 3 aliphatic rings. The number of hydrogen-bond acceptors (Lipinski definition) is 9. The van der Waals surface area contributed by atoms with E-state index in [9.17, 15) is 39.6 Å². The zero-order chi connectivity index (χ0) is 23.7. The number of Topliss-reactive ketones (excluding diaryl/α,β-unsaturated/α-hetero) is 3. The highest BCUT2D eigenvalue weighted by Crippen LogP contribution is 2.56. The van der Waals surface area contributed by atoms with Crippen LogP contribution in [0.3, 0.4) is 0 Å². The lowest BCUT2D eigenvalue weighted by Gasteiger charge is -2.51. The highest BCUT2D eigenvalue weighted by molar-refractivity contribution is 6.23. The van der Waals surface area contributed by atoms with E-state index >= 15 is 0 Å². The number of aliphatic hydroxyl groups excluding tert-OH is 2. The lowest BCUT2D eigenvalue weighted by atomic mass is 9.55. The summed E-state index contributed by atoms with van der Waals surface area (Å²) in [6.45, 7) is 3.83. The van der Waals surface area contributed by atoms with Gasteiger partial charge in [-0.1, -0.05) is 19.1 Å². The predicted octanol–water partition coefficient (Wildman–Crippen LogP) is 1.63. The molecule has 0 spiro atoms. The van der Waals surface area contributed by atoms with Crippen LogP contribution in [-0.2, 0) is 23.9 Å². The van der Waals surface area contributed by atoms with Crippen molar-refractivity contribution >= 4 is 29.1 Å². The number of ether oxygens (including phenoxy) is 1. The smallest absolute Gasteiger partial charge is 0.302 e. The minimum atomic E-state index is -2.77. The number of esters is 1. The summed E-state index contributed by atoms with van der Waals surface area (Å²) in [4.78, 5) is 50.2. The molecule has 0 heterocycles. The number of rotatable bonds is 2. The summed E-state index contributed by atoms with van der Waals surface area (Å²) < 4.78 is 5.47. The summed E-state index contributed by atoms with van der Waals surface area (Å²) >= 11 is 0. The van der Waals surface area contributed by atoms with Gasteiger partial charge in [-0.2, -0.15) is 0 Å². The number of aliphatic hydroxyl groups is 3. The van der Waals surface area contributed by atoms with Crippen molar-refractivity contribution in [3.8, 4) is 5.75 Å². The van der Waals surface area contributed by atoms with Crippen LogP contribution in [0.2, 0.25) is 0 Å². The lowest BCUT2D eigenvalue weighted by molar-refractivity contribution is -0.177. The fraction of sp³-hybridized carbons (Fsp3) is 0.391. The number of phenolic OH excluding ortho intramolecular Hbond substituents is 1. The Morgan fingerprint density at radius 1 is 1.12 bits per heavy atom. The summed E-state index contributed by atoms with van der Waals surface area (Å²) in [5.41, 5.74) is -3.34. The van der Waals surface area contributed by atoms with Crippen LogP contribution in [0.15, 0.2) is 35.1 Å². The Morgan fingerprint density at radius 2 is 1.78 bits per heavy atom. The van der Waals surface area contributed by atoms with Gasteiger partial charge in [0.05, 0.1) is 5.56 Å². The molecule has 9 nitrogen and oxygen atoms in total. The SMILES string of the molecule is CC(=O)O[C@H]1[C@H]2C(=C(O)c3c(O)cccc3[C@@H]2C)C(=O)[C@]2(O)C(O)=C(C(C)=O)C(=O)C[C@H]12. The number of fused-ring (bicyclic) bond motifs is 3. The molecule has 9 heteroatoms. The Kier molecular flexibility index (Phi) is 4.78. The van der Waals surface area contributed by atoms with E-state index in [-0.39, 0.29) is 16.9 Å². The normalized spacial score (nSPS) is 31.6. The van der Waals surface area contributed by atoms with Gasteiger partial charge in [0, 0.05) is 30.8 Å². The number of phenols is 1. The van der Waals surface area contributed by atoms with Crippen molar-refractivity contribution in [2.24, 2.45) is 11.8 Å². The number of aromatic hydroxyl groups is 1. The number of ketones is 3. The number of benzene rings is 1. The van der Waals surface area contributed by atoms with Crippen LogP contribution in [0.1, 0.15) is 44.2 Å². The highest BCUT2D eigenvalue weighted by atomic mass is 16.5. The molecule has 1 fully saturated rings. The lowest BCUT2D eigenvalue weighted by Crippen LogP contribution is -2.64. The quantitative estimate of drug-likeness (QED) is 0.394. The molecule has 32 heavy (non-hydrogen) atoms. The summed E-state index contributed by atoms with van der Waals surface area (Å²) in [5.74, 6) is -8.45. The standard InChI is InChI=1S/C23H22O9/c1-8-11-5-4-6-13(26)17(11)19(28)18-15(8)20(32-10(3)25)12-7-14(27)16(9(2)24)21(29)23(12,31)22(18)30/h4-6,8,12,15,20,26,28-29,31H,7H2,1-3H3/t8-,12+,15+,20+,23+/m0/s1. The zero-order valence-electron chi connectivity index (χ0n) is 17.6. The third kappa shape index (κ3) is 2.67. The predicted molar refractivity (Wildman–Crippen MR) is 109 cm³/mol. The van der Waals surface area contributed by atoms with Crippen LogP contribution < -0.4 is 0 Å². The minimum Gasteiger partial charge on any atom is -0.508 e. The maximum Gasteiger partial charge on any atom is 0.302 e. The molecule has 0 bridgehead atoms. The van der Waals surface area contributed by atoms with Crippen molar-refractivity contribution < 1.29 is 44.3 Å².